The highest BCUT2D eigenvalue weighted by molar-refractivity contribution is 6.02. The standard InChI is InChI=1S/C18H19NO/c1-14-8-10-15(11-9-14)18(12-13-18)17(20)19(2)16-6-4-3-5-7-16/h3-11H,12-13H2,1-2H3. The van der Waals surface area contributed by atoms with Crippen LogP contribution in [0.1, 0.15) is 24.0 Å². The molecule has 1 aliphatic rings. The number of nitrogens with zero attached hydrogens (tertiary/aromatic N) is 1. The summed E-state index contributed by atoms with van der Waals surface area (Å²) in [6.07, 6.45) is 1.90. The van der Waals surface area contributed by atoms with Crippen LogP contribution < -0.4 is 4.90 Å². The zero-order valence-electron chi connectivity index (χ0n) is 12.0. The first kappa shape index (κ1) is 12.9. The van der Waals surface area contributed by atoms with E-state index in [0.29, 0.717) is 0 Å². The Labute approximate surface area is 120 Å². The molecule has 0 radical (unpaired) electrons. The van der Waals surface area contributed by atoms with Crippen LogP contribution in [-0.2, 0) is 10.2 Å². The van der Waals surface area contributed by atoms with Crippen LogP contribution in [0.3, 0.4) is 0 Å². The number of rotatable bonds is 3. The van der Waals surface area contributed by atoms with Gasteiger partial charge in [-0.05, 0) is 37.5 Å². The average molecular weight is 265 g/mol. The Balaban J connectivity index is 1.88. The van der Waals surface area contributed by atoms with E-state index in [2.05, 4.69) is 31.2 Å². The lowest BCUT2D eigenvalue weighted by Gasteiger charge is -2.24. The number of benzene rings is 2. The van der Waals surface area contributed by atoms with E-state index in [1.54, 1.807) is 4.90 Å². The zero-order valence-corrected chi connectivity index (χ0v) is 12.0. The minimum absolute atomic E-state index is 0.201. The van der Waals surface area contributed by atoms with Gasteiger partial charge in [-0.25, -0.2) is 0 Å². The third kappa shape index (κ3) is 2.11. The normalized spacial score (nSPS) is 15.7. The summed E-state index contributed by atoms with van der Waals surface area (Å²) in [7, 11) is 1.87. The van der Waals surface area contributed by atoms with Crippen molar-refractivity contribution in [3.05, 3.63) is 65.7 Å². The third-order valence-corrected chi connectivity index (χ3v) is 4.21. The molecular formula is C18H19NO. The molecule has 0 bridgehead atoms. The van der Waals surface area contributed by atoms with E-state index in [9.17, 15) is 4.79 Å². The monoisotopic (exact) mass is 265 g/mol. The second-order valence-electron chi connectivity index (χ2n) is 5.65. The first-order valence-electron chi connectivity index (χ1n) is 7.04. The number of likely N-dealkylation sites (N-methyl/N-ethyl adjacent to an activating group) is 1. The third-order valence-electron chi connectivity index (χ3n) is 4.21. The first-order valence-corrected chi connectivity index (χ1v) is 7.04. The van der Waals surface area contributed by atoms with Gasteiger partial charge in [-0.1, -0.05) is 48.0 Å². The molecule has 102 valence electrons. The van der Waals surface area contributed by atoms with Gasteiger partial charge in [0.05, 0.1) is 5.41 Å². The van der Waals surface area contributed by atoms with E-state index in [4.69, 9.17) is 0 Å². The number of hydrogen-bond donors (Lipinski definition) is 0. The quantitative estimate of drug-likeness (QED) is 0.829. The Morgan fingerprint density at radius 3 is 2.15 bits per heavy atom. The highest BCUT2D eigenvalue weighted by Gasteiger charge is 2.52. The fourth-order valence-electron chi connectivity index (χ4n) is 2.71. The number of para-hydroxylation sites is 1. The number of hydrogen-bond acceptors (Lipinski definition) is 1. The molecule has 20 heavy (non-hydrogen) atoms. The van der Waals surface area contributed by atoms with Crippen molar-refractivity contribution in [1.82, 2.24) is 0 Å². The highest BCUT2D eigenvalue weighted by Crippen LogP contribution is 2.49. The van der Waals surface area contributed by atoms with E-state index < -0.39 is 0 Å². The van der Waals surface area contributed by atoms with Crippen molar-refractivity contribution in [1.29, 1.82) is 0 Å². The van der Waals surface area contributed by atoms with Crippen LogP contribution in [0.4, 0.5) is 5.69 Å². The Morgan fingerprint density at radius 1 is 1.00 bits per heavy atom. The van der Waals surface area contributed by atoms with E-state index in [1.165, 1.54) is 5.56 Å². The van der Waals surface area contributed by atoms with Gasteiger partial charge in [-0.2, -0.15) is 0 Å². The van der Waals surface area contributed by atoms with Crippen molar-refractivity contribution in [2.24, 2.45) is 0 Å². The van der Waals surface area contributed by atoms with Gasteiger partial charge >= 0.3 is 0 Å². The first-order chi connectivity index (χ1) is 9.63. The second-order valence-corrected chi connectivity index (χ2v) is 5.65. The predicted molar refractivity (Wildman–Crippen MR) is 81.9 cm³/mol. The van der Waals surface area contributed by atoms with Gasteiger partial charge in [-0.15, -0.1) is 0 Å². The van der Waals surface area contributed by atoms with Gasteiger partial charge in [0.15, 0.2) is 0 Å². The molecule has 1 aliphatic carbocycles. The summed E-state index contributed by atoms with van der Waals surface area (Å²) in [6, 6.07) is 18.2. The Bertz CT molecular complexity index is 612. The van der Waals surface area contributed by atoms with E-state index in [0.717, 1.165) is 24.1 Å². The molecule has 0 saturated heterocycles. The molecule has 1 fully saturated rings. The summed E-state index contributed by atoms with van der Waals surface area (Å²) in [4.78, 5) is 14.6. The average Bonchev–Trinajstić information content (AvgIpc) is 3.29. The lowest BCUT2D eigenvalue weighted by Crippen LogP contribution is -2.36. The van der Waals surface area contributed by atoms with Crippen molar-refractivity contribution in [3.63, 3.8) is 0 Å². The molecule has 1 saturated carbocycles. The summed E-state index contributed by atoms with van der Waals surface area (Å²) < 4.78 is 0. The summed E-state index contributed by atoms with van der Waals surface area (Å²) in [5, 5.41) is 0. The van der Waals surface area contributed by atoms with Crippen molar-refractivity contribution in [3.8, 4) is 0 Å². The Hall–Kier alpha value is -2.09. The molecule has 0 atom stereocenters. The van der Waals surface area contributed by atoms with Crippen molar-refractivity contribution >= 4 is 11.6 Å². The Morgan fingerprint density at radius 2 is 1.60 bits per heavy atom. The summed E-state index contributed by atoms with van der Waals surface area (Å²) in [6.45, 7) is 2.07. The molecule has 0 heterocycles. The van der Waals surface area contributed by atoms with Gasteiger partial charge in [0, 0.05) is 12.7 Å². The lowest BCUT2D eigenvalue weighted by atomic mass is 9.93. The lowest BCUT2D eigenvalue weighted by molar-refractivity contribution is -0.120. The van der Waals surface area contributed by atoms with Gasteiger partial charge in [-0.3, -0.25) is 4.79 Å². The van der Waals surface area contributed by atoms with Gasteiger partial charge in [0.1, 0.15) is 0 Å². The molecule has 0 unspecified atom stereocenters. The van der Waals surface area contributed by atoms with E-state index in [-0.39, 0.29) is 11.3 Å². The van der Waals surface area contributed by atoms with Crippen LogP contribution in [0.5, 0.6) is 0 Å². The molecule has 1 amide bonds. The predicted octanol–water partition coefficient (Wildman–Crippen LogP) is 3.69. The van der Waals surface area contributed by atoms with Crippen molar-refractivity contribution in [2.45, 2.75) is 25.2 Å². The molecule has 2 aromatic rings. The molecule has 0 spiro atoms. The molecule has 2 aromatic carbocycles. The maximum absolute atomic E-state index is 12.8. The maximum Gasteiger partial charge on any atom is 0.237 e. The topological polar surface area (TPSA) is 20.3 Å². The number of anilines is 1. The fraction of sp³-hybridized carbons (Fsp3) is 0.278. The number of amides is 1. The minimum atomic E-state index is -0.293. The summed E-state index contributed by atoms with van der Waals surface area (Å²) >= 11 is 0. The van der Waals surface area contributed by atoms with Crippen LogP contribution in [0.15, 0.2) is 54.6 Å². The van der Waals surface area contributed by atoms with Crippen LogP contribution in [0.25, 0.3) is 0 Å². The minimum Gasteiger partial charge on any atom is -0.315 e. The van der Waals surface area contributed by atoms with Crippen LogP contribution in [-0.4, -0.2) is 13.0 Å². The smallest absolute Gasteiger partial charge is 0.237 e. The molecular weight excluding hydrogens is 246 g/mol. The summed E-state index contributed by atoms with van der Waals surface area (Å²) in [5.74, 6) is 0.201. The Kier molecular flexibility index (Phi) is 3.09. The van der Waals surface area contributed by atoms with Crippen LogP contribution >= 0.6 is 0 Å². The fourth-order valence-corrected chi connectivity index (χ4v) is 2.71. The molecule has 0 N–H and O–H groups in total. The molecule has 2 heteroatoms. The second kappa shape index (κ2) is 4.78. The van der Waals surface area contributed by atoms with Crippen LogP contribution in [0, 0.1) is 6.92 Å². The summed E-state index contributed by atoms with van der Waals surface area (Å²) in [5.41, 5.74) is 3.04. The molecule has 2 nitrogen and oxygen atoms in total. The van der Waals surface area contributed by atoms with Crippen molar-refractivity contribution in [2.75, 3.05) is 11.9 Å². The zero-order chi connectivity index (χ0) is 14.2. The van der Waals surface area contributed by atoms with Gasteiger partial charge in [0.25, 0.3) is 0 Å². The largest absolute Gasteiger partial charge is 0.315 e. The highest BCUT2D eigenvalue weighted by atomic mass is 16.2. The molecule has 0 aromatic heterocycles. The van der Waals surface area contributed by atoms with E-state index in [1.807, 2.05) is 37.4 Å². The number of carbonyl (C=O) groups is 1. The number of carbonyl (C=O) groups excluding carboxylic acids is 1. The SMILES string of the molecule is Cc1ccc(C2(C(=O)N(C)c3ccccc3)CC2)cc1. The molecule has 3 rings (SSSR count). The van der Waals surface area contributed by atoms with Crippen LogP contribution in [0.2, 0.25) is 0 Å². The van der Waals surface area contributed by atoms with E-state index >= 15 is 0 Å². The molecule has 0 aliphatic heterocycles. The van der Waals surface area contributed by atoms with Gasteiger partial charge < -0.3 is 4.90 Å². The maximum atomic E-state index is 12.8. The number of aryl methyl sites for hydroxylation is 1. The van der Waals surface area contributed by atoms with Crippen molar-refractivity contribution < 1.29 is 4.79 Å². The van der Waals surface area contributed by atoms with Gasteiger partial charge in [0.2, 0.25) is 5.91 Å².